The minimum atomic E-state index is 0.238. The Morgan fingerprint density at radius 2 is 2.27 bits per heavy atom. The quantitative estimate of drug-likeness (QED) is 0.373. The van der Waals surface area contributed by atoms with E-state index in [0.29, 0.717) is 5.75 Å². The van der Waals surface area contributed by atoms with Crippen LogP contribution in [0.1, 0.15) is 5.56 Å². The summed E-state index contributed by atoms with van der Waals surface area (Å²) < 4.78 is 0. The number of hydrogen-bond donors (Lipinski definition) is 0. The molecule has 0 aliphatic heterocycles. The van der Waals surface area contributed by atoms with E-state index in [-0.39, 0.29) is 6.47 Å². The average molecular weight is 152 g/mol. The van der Waals surface area contributed by atoms with Crippen molar-refractivity contribution < 1.29 is 14.6 Å². The first kappa shape index (κ1) is 7.60. The Bertz CT molecular complexity index is 245. The Morgan fingerprint density at radius 3 is 2.91 bits per heavy atom. The van der Waals surface area contributed by atoms with E-state index in [1.165, 1.54) is 0 Å². The van der Waals surface area contributed by atoms with Gasteiger partial charge in [0.05, 0.1) is 0 Å². The number of hydrogen-bond acceptors (Lipinski definition) is 3. The monoisotopic (exact) mass is 152 g/mol. The van der Waals surface area contributed by atoms with Gasteiger partial charge in [0.25, 0.3) is 0 Å². The van der Waals surface area contributed by atoms with E-state index in [4.69, 9.17) is 0 Å². The van der Waals surface area contributed by atoms with Crippen molar-refractivity contribution >= 4 is 6.47 Å². The summed E-state index contributed by atoms with van der Waals surface area (Å²) in [6, 6.07) is 7.21. The zero-order valence-electron chi connectivity index (χ0n) is 6.11. The fraction of sp³-hybridized carbons (Fsp3) is 0.125. The maximum absolute atomic E-state index is 9.72. The third-order valence-corrected chi connectivity index (χ3v) is 1.17. The summed E-state index contributed by atoms with van der Waals surface area (Å²) in [4.78, 5) is 18.4. The summed E-state index contributed by atoms with van der Waals surface area (Å²) in [5.74, 6) is 0.525. The largest absolute Gasteiger partial charge is 0.343 e. The predicted molar refractivity (Wildman–Crippen MR) is 39.0 cm³/mol. The molecule has 1 rings (SSSR count). The number of carbonyl (C=O) groups is 1. The van der Waals surface area contributed by atoms with Crippen LogP contribution in [-0.4, -0.2) is 6.47 Å². The highest BCUT2D eigenvalue weighted by atomic mass is 17.2. The van der Waals surface area contributed by atoms with Gasteiger partial charge in [-0.15, -0.1) is 0 Å². The van der Waals surface area contributed by atoms with Crippen molar-refractivity contribution in [1.82, 2.24) is 0 Å². The first-order valence-electron chi connectivity index (χ1n) is 3.16. The Kier molecular flexibility index (Phi) is 2.49. The lowest BCUT2D eigenvalue weighted by atomic mass is 10.2. The van der Waals surface area contributed by atoms with Crippen molar-refractivity contribution in [2.45, 2.75) is 6.92 Å². The van der Waals surface area contributed by atoms with Crippen LogP contribution in [0.25, 0.3) is 0 Å². The molecular formula is C8H8O3. The zero-order chi connectivity index (χ0) is 8.10. The van der Waals surface area contributed by atoms with Crippen molar-refractivity contribution in [3.05, 3.63) is 29.8 Å². The molecular weight excluding hydrogens is 144 g/mol. The van der Waals surface area contributed by atoms with Crippen molar-refractivity contribution in [2.75, 3.05) is 0 Å². The molecule has 0 atom stereocenters. The van der Waals surface area contributed by atoms with Gasteiger partial charge in [0.1, 0.15) is 0 Å². The predicted octanol–water partition coefficient (Wildman–Crippen LogP) is 1.46. The Labute approximate surface area is 64.5 Å². The number of carbonyl (C=O) groups excluding carboxylic acids is 1. The SMILES string of the molecule is Cc1cccc(OOC=O)c1. The summed E-state index contributed by atoms with van der Waals surface area (Å²) in [5, 5.41) is 0. The van der Waals surface area contributed by atoms with Crippen LogP contribution >= 0.6 is 0 Å². The van der Waals surface area contributed by atoms with Gasteiger partial charge in [-0.1, -0.05) is 12.1 Å². The minimum Gasteiger partial charge on any atom is -0.287 e. The van der Waals surface area contributed by atoms with E-state index in [2.05, 4.69) is 9.78 Å². The molecule has 0 fully saturated rings. The van der Waals surface area contributed by atoms with Crippen LogP contribution in [0.2, 0.25) is 0 Å². The Balaban J connectivity index is 2.63. The van der Waals surface area contributed by atoms with Crippen molar-refractivity contribution in [2.24, 2.45) is 0 Å². The Morgan fingerprint density at radius 1 is 1.45 bits per heavy atom. The van der Waals surface area contributed by atoms with Gasteiger partial charge in [0.2, 0.25) is 0 Å². The lowest BCUT2D eigenvalue weighted by molar-refractivity contribution is -0.196. The van der Waals surface area contributed by atoms with E-state index in [0.717, 1.165) is 5.56 Å². The molecule has 0 amide bonds. The topological polar surface area (TPSA) is 35.5 Å². The summed E-state index contributed by atoms with van der Waals surface area (Å²) in [6.45, 7) is 2.16. The molecule has 0 aromatic heterocycles. The first-order chi connectivity index (χ1) is 5.33. The number of aryl methyl sites for hydroxylation is 1. The van der Waals surface area contributed by atoms with Gasteiger partial charge >= 0.3 is 6.47 Å². The third-order valence-electron chi connectivity index (χ3n) is 1.17. The van der Waals surface area contributed by atoms with Crippen molar-refractivity contribution in [3.63, 3.8) is 0 Å². The van der Waals surface area contributed by atoms with E-state index in [1.807, 2.05) is 19.1 Å². The van der Waals surface area contributed by atoms with Gasteiger partial charge < -0.3 is 0 Å². The maximum atomic E-state index is 9.72. The molecule has 0 unspecified atom stereocenters. The van der Waals surface area contributed by atoms with Gasteiger partial charge in [0, 0.05) is 0 Å². The summed E-state index contributed by atoms with van der Waals surface area (Å²) in [5.41, 5.74) is 1.05. The van der Waals surface area contributed by atoms with E-state index in [1.54, 1.807) is 12.1 Å². The van der Waals surface area contributed by atoms with Gasteiger partial charge in [0.15, 0.2) is 5.75 Å². The fourth-order valence-electron chi connectivity index (χ4n) is 0.742. The highest BCUT2D eigenvalue weighted by Gasteiger charge is 1.92. The average Bonchev–Trinajstić information content (AvgIpc) is 2.01. The lowest BCUT2D eigenvalue weighted by Crippen LogP contribution is -1.93. The fourth-order valence-corrected chi connectivity index (χ4v) is 0.742. The van der Waals surface area contributed by atoms with Gasteiger partial charge in [-0.05, 0) is 24.6 Å². The maximum Gasteiger partial charge on any atom is 0.343 e. The van der Waals surface area contributed by atoms with Crippen LogP contribution in [0.15, 0.2) is 24.3 Å². The molecule has 0 aliphatic rings. The first-order valence-corrected chi connectivity index (χ1v) is 3.16. The highest BCUT2D eigenvalue weighted by molar-refractivity contribution is 5.36. The van der Waals surface area contributed by atoms with E-state index >= 15 is 0 Å². The van der Waals surface area contributed by atoms with Crippen LogP contribution in [0.4, 0.5) is 0 Å². The molecule has 0 spiro atoms. The molecule has 3 heteroatoms. The second kappa shape index (κ2) is 3.61. The summed E-state index contributed by atoms with van der Waals surface area (Å²) >= 11 is 0. The van der Waals surface area contributed by atoms with Gasteiger partial charge in [-0.2, -0.15) is 0 Å². The smallest absolute Gasteiger partial charge is 0.287 e. The van der Waals surface area contributed by atoms with Gasteiger partial charge in [-0.3, -0.25) is 14.6 Å². The molecule has 3 nitrogen and oxygen atoms in total. The number of rotatable bonds is 3. The van der Waals surface area contributed by atoms with Crippen LogP contribution in [0.3, 0.4) is 0 Å². The summed E-state index contributed by atoms with van der Waals surface area (Å²) in [7, 11) is 0. The van der Waals surface area contributed by atoms with Crippen LogP contribution in [0.5, 0.6) is 5.75 Å². The van der Waals surface area contributed by atoms with Crippen LogP contribution < -0.4 is 4.89 Å². The molecule has 58 valence electrons. The molecule has 0 saturated heterocycles. The second-order valence-electron chi connectivity index (χ2n) is 2.09. The molecule has 0 saturated carbocycles. The molecule has 1 aromatic carbocycles. The molecule has 0 N–H and O–H groups in total. The highest BCUT2D eigenvalue weighted by Crippen LogP contribution is 2.11. The van der Waals surface area contributed by atoms with E-state index in [9.17, 15) is 4.79 Å². The minimum absolute atomic E-state index is 0.238. The molecule has 0 radical (unpaired) electrons. The van der Waals surface area contributed by atoms with Crippen molar-refractivity contribution in [3.8, 4) is 5.75 Å². The van der Waals surface area contributed by atoms with Crippen LogP contribution in [-0.2, 0) is 9.68 Å². The standard InChI is InChI=1S/C8H8O3/c1-7-3-2-4-8(5-7)11-10-6-9/h2-6H,1H3. The third kappa shape index (κ3) is 2.29. The Hall–Kier alpha value is -1.51. The normalized spacial score (nSPS) is 8.82. The second-order valence-corrected chi connectivity index (χ2v) is 2.09. The van der Waals surface area contributed by atoms with Gasteiger partial charge in [-0.25, -0.2) is 0 Å². The number of benzene rings is 1. The van der Waals surface area contributed by atoms with Crippen molar-refractivity contribution in [1.29, 1.82) is 0 Å². The zero-order valence-corrected chi connectivity index (χ0v) is 6.11. The van der Waals surface area contributed by atoms with E-state index < -0.39 is 0 Å². The molecule has 0 bridgehead atoms. The molecule has 11 heavy (non-hydrogen) atoms. The summed E-state index contributed by atoms with van der Waals surface area (Å²) in [6.07, 6.45) is 0. The lowest BCUT2D eigenvalue weighted by Gasteiger charge is -1.99. The molecule has 0 heterocycles. The molecule has 0 aliphatic carbocycles. The van der Waals surface area contributed by atoms with Crippen LogP contribution in [0, 0.1) is 6.92 Å². The molecule has 1 aromatic rings.